The first-order valence-electron chi connectivity index (χ1n) is 7.47. The van der Waals surface area contributed by atoms with Crippen LogP contribution in [0.15, 0.2) is 48.3 Å². The summed E-state index contributed by atoms with van der Waals surface area (Å²) >= 11 is 0. The maximum absolute atomic E-state index is 5.93. The predicted octanol–water partition coefficient (Wildman–Crippen LogP) is 5.30. The maximum atomic E-state index is 5.93. The van der Waals surface area contributed by atoms with Crippen molar-refractivity contribution in [1.82, 2.24) is 0 Å². The van der Waals surface area contributed by atoms with Crippen molar-refractivity contribution in [3.8, 4) is 0 Å². The summed E-state index contributed by atoms with van der Waals surface area (Å²) in [5.41, 5.74) is 3.17. The molecule has 126 valence electrons. The molecule has 0 saturated heterocycles. The van der Waals surface area contributed by atoms with Gasteiger partial charge in [-0.2, -0.15) is 0 Å². The second-order valence-corrected chi connectivity index (χ2v) is 8.34. The molecule has 0 saturated carbocycles. The van der Waals surface area contributed by atoms with Crippen LogP contribution in [0.4, 0.5) is 0 Å². The molecule has 0 aliphatic carbocycles. The first kappa shape index (κ1) is 20.4. The van der Waals surface area contributed by atoms with E-state index in [2.05, 4.69) is 6.58 Å². The molecule has 5 heteroatoms. The second kappa shape index (κ2) is 11.0. The number of hydrogen-bond donors (Lipinski definition) is 0. The normalized spacial score (nSPS) is 10.1. The summed E-state index contributed by atoms with van der Waals surface area (Å²) in [6.45, 7) is 15.9. The molecule has 0 radical (unpaired) electrons. The van der Waals surface area contributed by atoms with Crippen LogP contribution >= 0.6 is 0 Å². The fourth-order valence-corrected chi connectivity index (χ4v) is 3.68. The van der Waals surface area contributed by atoms with Crippen molar-refractivity contribution in [3.05, 3.63) is 48.3 Å². The molecule has 0 heterocycles. The third-order valence-electron chi connectivity index (χ3n) is 2.29. The van der Waals surface area contributed by atoms with Gasteiger partial charge in [-0.15, -0.1) is 0 Å². The molecule has 0 atom stereocenters. The Kier molecular flexibility index (Phi) is 10.2. The third-order valence-corrected chi connectivity index (χ3v) is 4.68. The summed E-state index contributed by atoms with van der Waals surface area (Å²) in [4.78, 5) is 0. The molecule has 0 unspecified atom stereocenters. The van der Waals surface area contributed by atoms with E-state index >= 15 is 0 Å². The zero-order chi connectivity index (χ0) is 17.0. The van der Waals surface area contributed by atoms with E-state index in [-0.39, 0.29) is 0 Å². The van der Waals surface area contributed by atoms with E-state index in [1.54, 1.807) is 18.8 Å². The van der Waals surface area contributed by atoms with Crippen molar-refractivity contribution in [3.63, 3.8) is 0 Å². The maximum Gasteiger partial charge on any atom is 0.698 e. The summed E-state index contributed by atoms with van der Waals surface area (Å²) in [7, 11) is -2.88. The van der Waals surface area contributed by atoms with Gasteiger partial charge in [0.25, 0.3) is 0 Å². The van der Waals surface area contributed by atoms with Crippen molar-refractivity contribution in [2.24, 2.45) is 0 Å². The summed E-state index contributed by atoms with van der Waals surface area (Å²) in [6.07, 6.45) is 7.32. The Morgan fingerprint density at radius 3 is 1.55 bits per heavy atom. The van der Waals surface area contributed by atoms with Crippen LogP contribution in [-0.2, 0) is 18.0 Å². The van der Waals surface area contributed by atoms with Gasteiger partial charge in [-0.1, -0.05) is 6.58 Å². The Labute approximate surface area is 136 Å². The Morgan fingerprint density at radius 2 is 1.23 bits per heavy atom. The van der Waals surface area contributed by atoms with Gasteiger partial charge in [-0.25, -0.2) is 0 Å². The molecule has 0 aromatic carbocycles. The Morgan fingerprint density at radius 1 is 0.818 bits per heavy atom. The largest absolute Gasteiger partial charge is 0.698 e. The van der Waals surface area contributed by atoms with Crippen molar-refractivity contribution in [2.45, 2.75) is 54.0 Å². The highest BCUT2D eigenvalue weighted by Crippen LogP contribution is 2.21. The van der Waals surface area contributed by atoms with E-state index in [1.165, 1.54) is 6.26 Å². The average molecular weight is 327 g/mol. The van der Waals surface area contributed by atoms with Crippen LogP contribution in [0.25, 0.3) is 0 Å². The van der Waals surface area contributed by atoms with Gasteiger partial charge in [-0.05, 0) is 64.7 Å². The highest BCUT2D eigenvalue weighted by atomic mass is 28.4. The van der Waals surface area contributed by atoms with E-state index in [9.17, 15) is 0 Å². The van der Waals surface area contributed by atoms with Gasteiger partial charge in [0, 0.05) is 0 Å². The van der Waals surface area contributed by atoms with Gasteiger partial charge >= 0.3 is 8.80 Å². The molecule has 0 spiro atoms. The lowest BCUT2D eigenvalue weighted by molar-refractivity contribution is 0.169. The van der Waals surface area contributed by atoms with Crippen molar-refractivity contribution < 1.29 is 18.0 Å². The smallest absolute Gasteiger partial charge is 0.502 e. The molecule has 0 aliphatic rings. The predicted molar refractivity (Wildman–Crippen MR) is 92.9 cm³/mol. The molecule has 0 aromatic heterocycles. The van der Waals surface area contributed by atoms with E-state index < -0.39 is 8.80 Å². The number of ether oxygens (including phenoxy) is 1. The molecular formula is C17H30O4Si. The molecule has 0 amide bonds. The fourth-order valence-electron chi connectivity index (χ4n) is 1.34. The average Bonchev–Trinajstić information content (AvgIpc) is 2.44. The summed E-state index contributed by atoms with van der Waals surface area (Å²) in [5, 5.41) is 0. The van der Waals surface area contributed by atoms with Gasteiger partial charge in [0.2, 0.25) is 0 Å². The summed E-state index contributed by atoms with van der Waals surface area (Å²) in [5.74, 6) is 0. The van der Waals surface area contributed by atoms with Gasteiger partial charge in [0.15, 0.2) is 0 Å². The number of rotatable bonds is 11. The lowest BCUT2D eigenvalue weighted by Crippen LogP contribution is -2.42. The van der Waals surface area contributed by atoms with Crippen LogP contribution in [0.3, 0.4) is 0 Å². The topological polar surface area (TPSA) is 36.9 Å². The van der Waals surface area contributed by atoms with Crippen molar-refractivity contribution in [1.29, 1.82) is 0 Å². The monoisotopic (exact) mass is 326 g/mol. The standard InChI is InChI=1S/C17H30O4Si/c1-8-18-10-9-11-22(19-12-15(2)3,20-13-16(4)5)21-14-17(6)7/h8,12-14H,1,9-11H2,2-7H3. The van der Waals surface area contributed by atoms with Crippen LogP contribution < -0.4 is 0 Å². The van der Waals surface area contributed by atoms with Crippen LogP contribution in [0, 0.1) is 0 Å². The lowest BCUT2D eigenvalue weighted by Gasteiger charge is -2.26. The van der Waals surface area contributed by atoms with Crippen LogP contribution in [0.2, 0.25) is 6.04 Å². The van der Waals surface area contributed by atoms with Crippen molar-refractivity contribution in [2.75, 3.05) is 6.61 Å². The molecule has 4 nitrogen and oxygen atoms in total. The summed E-state index contributed by atoms with van der Waals surface area (Å²) < 4.78 is 23.0. The van der Waals surface area contributed by atoms with Gasteiger partial charge in [0.1, 0.15) is 0 Å². The van der Waals surface area contributed by atoms with Crippen LogP contribution in [-0.4, -0.2) is 15.4 Å². The Hall–Kier alpha value is -1.62. The highest BCUT2D eigenvalue weighted by molar-refractivity contribution is 6.61. The second-order valence-electron chi connectivity index (χ2n) is 5.76. The Bertz CT molecular complexity index is 362. The van der Waals surface area contributed by atoms with E-state index in [0.717, 1.165) is 23.1 Å². The molecule has 0 rings (SSSR count). The fraction of sp³-hybridized carbons (Fsp3) is 0.529. The van der Waals surface area contributed by atoms with E-state index in [4.69, 9.17) is 18.0 Å². The minimum atomic E-state index is -2.88. The summed E-state index contributed by atoms with van der Waals surface area (Å²) in [6, 6.07) is 0.651. The van der Waals surface area contributed by atoms with Gasteiger partial charge < -0.3 is 18.0 Å². The first-order chi connectivity index (χ1) is 10.3. The molecule has 0 N–H and O–H groups in total. The molecule has 0 aromatic rings. The lowest BCUT2D eigenvalue weighted by atomic mass is 10.4. The van der Waals surface area contributed by atoms with Crippen LogP contribution in [0.1, 0.15) is 48.0 Å². The Balaban J connectivity index is 5.17. The SMILES string of the molecule is C=COCCC[Si](OC=C(C)C)(OC=C(C)C)OC=C(C)C. The van der Waals surface area contributed by atoms with Crippen molar-refractivity contribution >= 4 is 8.80 Å². The minimum absolute atomic E-state index is 0.562. The van der Waals surface area contributed by atoms with Gasteiger partial charge in [0.05, 0.1) is 37.7 Å². The quantitative estimate of drug-likeness (QED) is 0.293. The molecule has 0 bridgehead atoms. The van der Waals surface area contributed by atoms with Crippen LogP contribution in [0.5, 0.6) is 0 Å². The first-order valence-corrected chi connectivity index (χ1v) is 9.40. The molecular weight excluding hydrogens is 296 g/mol. The molecule has 0 fully saturated rings. The highest BCUT2D eigenvalue weighted by Gasteiger charge is 2.46. The zero-order valence-corrected chi connectivity index (χ0v) is 15.8. The number of allylic oxidation sites excluding steroid dienone is 3. The third kappa shape index (κ3) is 10.2. The van der Waals surface area contributed by atoms with E-state index in [0.29, 0.717) is 12.7 Å². The van der Waals surface area contributed by atoms with E-state index in [1.807, 2.05) is 41.5 Å². The van der Waals surface area contributed by atoms with Gasteiger partial charge in [-0.3, -0.25) is 0 Å². The molecule has 22 heavy (non-hydrogen) atoms. The number of hydrogen-bond acceptors (Lipinski definition) is 4. The zero-order valence-electron chi connectivity index (χ0n) is 14.8. The minimum Gasteiger partial charge on any atom is -0.502 e. The molecule has 0 aliphatic heterocycles.